The molecule has 0 fully saturated rings. The maximum absolute atomic E-state index is 10.5. The van der Waals surface area contributed by atoms with Crippen LogP contribution in [0.5, 0.6) is 0 Å². The number of rotatable bonds is 3. The molecule has 11 heteroatoms. The van der Waals surface area contributed by atoms with E-state index in [2.05, 4.69) is 11.0 Å². The Bertz CT molecular complexity index is 559. The number of hydrogen-bond acceptors (Lipinski definition) is 3. The SMILES string of the molecule is CCN(C#[N+]c1cccc([N+](=O)[O-])c1)CC.[Cl][Ti-]([Cl])([Cl])([Cl])[Cl]. The number of hydrogen-bond donors (Lipinski definition) is 0. The van der Waals surface area contributed by atoms with Gasteiger partial charge in [-0.25, -0.2) is 4.90 Å². The van der Waals surface area contributed by atoms with E-state index in [9.17, 15) is 10.1 Å². The summed E-state index contributed by atoms with van der Waals surface area (Å²) in [6.07, 6.45) is 2.84. The van der Waals surface area contributed by atoms with Gasteiger partial charge in [-0.2, -0.15) is 4.85 Å². The second-order valence-corrected chi connectivity index (χ2v) is 29.7. The van der Waals surface area contributed by atoms with Crippen LogP contribution in [0.2, 0.25) is 0 Å². The standard InChI is InChI=1S/C11H14N3O2.5ClH.Ti/c1-3-13(4-2)9-12-10-6-5-7-11(8-10)14(15)16;;;;;;/h5-8H,3-4H2,1-2H3;5*1H;/q+1;;;;;;+4/p-5. The molecule has 0 bridgehead atoms. The molecule has 0 unspecified atom stereocenters. The molecular weight excluding hydrogens is 431 g/mol. The molecule has 0 radical (unpaired) electrons. The van der Waals surface area contributed by atoms with E-state index in [1.165, 1.54) is 12.1 Å². The van der Waals surface area contributed by atoms with Crippen LogP contribution in [0.25, 0.3) is 4.85 Å². The third-order valence-corrected chi connectivity index (χ3v) is 2.12. The molecule has 0 atom stereocenters. The zero-order valence-corrected chi connectivity index (χ0v) is 17.1. The first-order valence-electron chi connectivity index (χ1n) is 6.07. The summed E-state index contributed by atoms with van der Waals surface area (Å²) in [5.41, 5.74) is 0.587. The molecule has 0 amide bonds. The predicted molar refractivity (Wildman–Crippen MR) is 92.2 cm³/mol. The number of nitro benzene ring substituents is 1. The van der Waals surface area contributed by atoms with Crippen molar-refractivity contribution >= 4 is 57.9 Å². The zero-order valence-electron chi connectivity index (χ0n) is 11.8. The van der Waals surface area contributed by atoms with E-state index in [-0.39, 0.29) is 5.69 Å². The van der Waals surface area contributed by atoms with Crippen molar-refractivity contribution in [3.8, 4) is 6.19 Å². The van der Waals surface area contributed by atoms with Crippen LogP contribution in [-0.2, 0) is 10.0 Å². The Morgan fingerprint density at radius 3 is 2.14 bits per heavy atom. The first-order valence-corrected chi connectivity index (χ1v) is 16.8. The Hall–Kier alpha value is 0.0743. The van der Waals surface area contributed by atoms with Crippen LogP contribution in [-0.4, -0.2) is 22.9 Å². The van der Waals surface area contributed by atoms with E-state index in [1.807, 2.05) is 18.7 Å². The van der Waals surface area contributed by atoms with Crippen molar-refractivity contribution in [2.75, 3.05) is 13.1 Å². The molecule has 22 heavy (non-hydrogen) atoms. The number of nitro groups is 1. The number of halogens is 5. The topological polar surface area (TPSA) is 50.7 Å². The Labute approximate surface area is 149 Å². The van der Waals surface area contributed by atoms with Crippen LogP contribution in [0.15, 0.2) is 24.3 Å². The molecule has 0 aliphatic rings. The van der Waals surface area contributed by atoms with Gasteiger partial charge in [0.2, 0.25) is 5.69 Å². The third kappa shape index (κ3) is 13.7. The molecule has 124 valence electrons. The molecule has 5 nitrogen and oxygen atoms in total. The number of non-ortho nitro benzene ring substituents is 1. The van der Waals surface area contributed by atoms with Crippen molar-refractivity contribution in [2.24, 2.45) is 0 Å². The summed E-state index contributed by atoms with van der Waals surface area (Å²) in [7, 11) is 21.0. The number of benzene rings is 1. The van der Waals surface area contributed by atoms with Gasteiger partial charge in [0.05, 0.1) is 24.1 Å². The zero-order chi connectivity index (χ0) is 17.4. The van der Waals surface area contributed by atoms with E-state index in [0.29, 0.717) is 5.69 Å². The first kappa shape index (κ1) is 22.1. The number of nitrogens with zero attached hydrogens (tertiary/aromatic N) is 3. The predicted octanol–water partition coefficient (Wildman–Crippen LogP) is 6.30. The summed E-state index contributed by atoms with van der Waals surface area (Å²) in [6.45, 7) is 5.63. The van der Waals surface area contributed by atoms with Crippen LogP contribution >= 0.6 is 46.5 Å². The average molecular weight is 445 g/mol. The molecule has 0 spiro atoms. The summed E-state index contributed by atoms with van der Waals surface area (Å²) >= 11 is 0. The molecule has 0 heterocycles. The Balaban J connectivity index is 0.000000626. The molecule has 1 rings (SSSR count). The normalized spacial score (nSPS) is 11.9. The second kappa shape index (κ2) is 9.39. The van der Waals surface area contributed by atoms with Crippen molar-refractivity contribution < 1.29 is 14.9 Å². The van der Waals surface area contributed by atoms with E-state index >= 15 is 0 Å². The van der Waals surface area contributed by atoms with Gasteiger partial charge in [0.15, 0.2) is 0 Å². The summed E-state index contributed by atoms with van der Waals surface area (Å²) in [6, 6.07) is 6.19. The fourth-order valence-electron chi connectivity index (χ4n) is 1.17. The Kier molecular flexibility index (Phi) is 9.42. The minimum atomic E-state index is -4.24. The quantitative estimate of drug-likeness (QED) is 0.180. The minimum absolute atomic E-state index is 0.0441. The molecule has 1 aromatic carbocycles. The van der Waals surface area contributed by atoms with Gasteiger partial charge < -0.3 is 0 Å². The Morgan fingerprint density at radius 2 is 1.73 bits per heavy atom. The van der Waals surface area contributed by atoms with Crippen molar-refractivity contribution in [3.63, 3.8) is 0 Å². The summed E-state index contributed by atoms with van der Waals surface area (Å²) in [5.74, 6) is 0. The fraction of sp³-hybridized carbons (Fsp3) is 0.364. The van der Waals surface area contributed by atoms with Crippen LogP contribution < -0.4 is 0 Å². The summed E-state index contributed by atoms with van der Waals surface area (Å²) < 4.78 is 0. The van der Waals surface area contributed by atoms with E-state index in [4.69, 9.17) is 46.5 Å². The van der Waals surface area contributed by atoms with Crippen molar-refractivity contribution in [2.45, 2.75) is 13.8 Å². The van der Waals surface area contributed by atoms with Gasteiger partial charge in [-0.1, -0.05) is 0 Å². The van der Waals surface area contributed by atoms with Gasteiger partial charge in [-0.3, -0.25) is 10.1 Å². The van der Waals surface area contributed by atoms with Crippen LogP contribution in [0, 0.1) is 16.3 Å². The van der Waals surface area contributed by atoms with Gasteiger partial charge in [0.25, 0.3) is 5.69 Å². The second-order valence-electron chi connectivity index (χ2n) is 3.88. The maximum atomic E-state index is 10.5. The van der Waals surface area contributed by atoms with Crippen molar-refractivity contribution in [1.82, 2.24) is 4.90 Å². The van der Waals surface area contributed by atoms with Gasteiger partial charge in [0.1, 0.15) is 0 Å². The third-order valence-electron chi connectivity index (χ3n) is 2.12. The van der Waals surface area contributed by atoms with Crippen LogP contribution in [0.3, 0.4) is 0 Å². The average Bonchev–Trinajstić information content (AvgIpc) is 2.37. The molecule has 0 aliphatic carbocycles. The monoisotopic (exact) mass is 443 g/mol. The molecular formula is C11H14Cl5N3O2Ti. The van der Waals surface area contributed by atoms with Crippen LogP contribution in [0.1, 0.15) is 13.8 Å². The van der Waals surface area contributed by atoms with Gasteiger partial charge >= 0.3 is 62.7 Å². The molecule has 0 aliphatic heterocycles. The van der Waals surface area contributed by atoms with Gasteiger partial charge in [0, 0.05) is 12.1 Å². The van der Waals surface area contributed by atoms with E-state index in [0.717, 1.165) is 13.1 Å². The van der Waals surface area contributed by atoms with E-state index < -0.39 is 14.9 Å². The molecule has 0 saturated heterocycles. The first-order chi connectivity index (χ1) is 9.90. The summed E-state index contributed by atoms with van der Waals surface area (Å²) in [4.78, 5) is 16.1. The Morgan fingerprint density at radius 1 is 1.23 bits per heavy atom. The van der Waals surface area contributed by atoms with Crippen molar-refractivity contribution in [1.29, 1.82) is 0 Å². The fourth-order valence-corrected chi connectivity index (χ4v) is 1.17. The molecule has 0 saturated carbocycles. The van der Waals surface area contributed by atoms with E-state index in [1.54, 1.807) is 12.1 Å². The summed E-state index contributed by atoms with van der Waals surface area (Å²) in [5, 5.41) is 10.5. The van der Waals surface area contributed by atoms with Gasteiger partial charge in [-0.15, -0.1) is 0 Å². The van der Waals surface area contributed by atoms with Crippen molar-refractivity contribution in [3.05, 3.63) is 39.2 Å². The van der Waals surface area contributed by atoms with Crippen LogP contribution in [0.4, 0.5) is 11.4 Å². The molecule has 1 aromatic rings. The molecule has 0 aromatic heterocycles. The molecule has 0 N–H and O–H groups in total. The van der Waals surface area contributed by atoms with Gasteiger partial charge in [-0.05, 0) is 19.9 Å².